The first-order chi connectivity index (χ1) is 10.7. The predicted molar refractivity (Wildman–Crippen MR) is 96.5 cm³/mol. The van der Waals surface area contributed by atoms with Gasteiger partial charge in [0.25, 0.3) is 5.56 Å². The summed E-state index contributed by atoms with van der Waals surface area (Å²) < 4.78 is 1.95. The summed E-state index contributed by atoms with van der Waals surface area (Å²) in [5.74, 6) is 1.01. The van der Waals surface area contributed by atoms with Crippen molar-refractivity contribution in [1.29, 1.82) is 0 Å². The summed E-state index contributed by atoms with van der Waals surface area (Å²) in [6.07, 6.45) is 6.68. The highest BCUT2D eigenvalue weighted by Crippen LogP contribution is 2.35. The topological polar surface area (TPSA) is 34.9 Å². The first-order valence-electron chi connectivity index (χ1n) is 8.36. The molecule has 0 N–H and O–H groups in total. The standard InChI is InChI=1S/C17H24N2OS2/c1-4-10-21-17-18-15-14(16(20)19(17)11(3)5-2)12-8-6-7-9-13(12)22-15/h11H,4-10H2,1-3H3/t11-/m1/s1. The lowest BCUT2D eigenvalue weighted by atomic mass is 9.97. The van der Waals surface area contributed by atoms with E-state index in [1.165, 1.54) is 23.3 Å². The quantitative estimate of drug-likeness (QED) is 0.580. The van der Waals surface area contributed by atoms with Crippen LogP contribution in [0.5, 0.6) is 0 Å². The molecule has 2 aromatic rings. The van der Waals surface area contributed by atoms with Crippen LogP contribution in [-0.2, 0) is 12.8 Å². The van der Waals surface area contributed by atoms with Gasteiger partial charge in [-0.2, -0.15) is 0 Å². The van der Waals surface area contributed by atoms with Crippen LogP contribution < -0.4 is 5.56 Å². The van der Waals surface area contributed by atoms with Gasteiger partial charge in [0, 0.05) is 16.7 Å². The summed E-state index contributed by atoms with van der Waals surface area (Å²) in [7, 11) is 0. The molecule has 120 valence electrons. The van der Waals surface area contributed by atoms with E-state index in [0.29, 0.717) is 0 Å². The fraction of sp³-hybridized carbons (Fsp3) is 0.647. The fourth-order valence-electron chi connectivity index (χ4n) is 3.07. The SMILES string of the molecule is CCCSc1nc2sc3c(c2c(=O)n1[C@H](C)CC)CCCC3. The Hall–Kier alpha value is -0.810. The largest absolute Gasteiger partial charge is 0.284 e. The molecule has 0 amide bonds. The molecule has 0 saturated heterocycles. The van der Waals surface area contributed by atoms with Crippen LogP contribution in [-0.4, -0.2) is 15.3 Å². The van der Waals surface area contributed by atoms with Crippen molar-refractivity contribution in [3.63, 3.8) is 0 Å². The van der Waals surface area contributed by atoms with E-state index >= 15 is 0 Å². The Kier molecular flexibility index (Phi) is 4.93. The first-order valence-corrected chi connectivity index (χ1v) is 10.2. The zero-order valence-electron chi connectivity index (χ0n) is 13.6. The molecule has 0 bridgehead atoms. The first kappa shape index (κ1) is 16.1. The Morgan fingerprint density at radius 2 is 2.09 bits per heavy atom. The van der Waals surface area contributed by atoms with Crippen LogP contribution >= 0.6 is 23.1 Å². The van der Waals surface area contributed by atoms with Crippen molar-refractivity contribution in [2.45, 2.75) is 70.5 Å². The number of hydrogen-bond donors (Lipinski definition) is 0. The monoisotopic (exact) mass is 336 g/mol. The molecular weight excluding hydrogens is 312 g/mol. The molecule has 0 saturated carbocycles. The second kappa shape index (κ2) is 6.75. The van der Waals surface area contributed by atoms with Gasteiger partial charge in [-0.3, -0.25) is 9.36 Å². The molecule has 3 nitrogen and oxygen atoms in total. The third kappa shape index (κ3) is 2.73. The van der Waals surface area contributed by atoms with Crippen molar-refractivity contribution in [3.05, 3.63) is 20.8 Å². The maximum absolute atomic E-state index is 13.2. The minimum absolute atomic E-state index is 0.192. The second-order valence-corrected chi connectivity index (χ2v) is 8.21. The van der Waals surface area contributed by atoms with Crippen LogP contribution in [0.4, 0.5) is 0 Å². The average molecular weight is 337 g/mol. The fourth-order valence-corrected chi connectivity index (χ4v) is 5.32. The molecule has 5 heteroatoms. The van der Waals surface area contributed by atoms with E-state index in [2.05, 4.69) is 20.8 Å². The molecule has 22 heavy (non-hydrogen) atoms. The van der Waals surface area contributed by atoms with Crippen molar-refractivity contribution in [1.82, 2.24) is 9.55 Å². The number of fused-ring (bicyclic) bond motifs is 3. The minimum atomic E-state index is 0.192. The Morgan fingerprint density at radius 3 is 2.82 bits per heavy atom. The minimum Gasteiger partial charge on any atom is -0.284 e. The summed E-state index contributed by atoms with van der Waals surface area (Å²) in [6, 6.07) is 0.211. The maximum Gasteiger partial charge on any atom is 0.263 e. The Labute approximate surface area is 140 Å². The van der Waals surface area contributed by atoms with Gasteiger partial charge in [-0.25, -0.2) is 4.98 Å². The average Bonchev–Trinajstić information content (AvgIpc) is 2.90. The Morgan fingerprint density at radius 1 is 1.32 bits per heavy atom. The molecular formula is C17H24N2OS2. The Bertz CT molecular complexity index is 732. The molecule has 3 rings (SSSR count). The van der Waals surface area contributed by atoms with Crippen molar-refractivity contribution >= 4 is 33.3 Å². The van der Waals surface area contributed by atoms with Gasteiger partial charge in [0.05, 0.1) is 5.39 Å². The number of thioether (sulfide) groups is 1. The van der Waals surface area contributed by atoms with Crippen LogP contribution in [0.3, 0.4) is 0 Å². The van der Waals surface area contributed by atoms with Gasteiger partial charge in [0.1, 0.15) is 4.83 Å². The summed E-state index contributed by atoms with van der Waals surface area (Å²) in [5.41, 5.74) is 1.49. The highest BCUT2D eigenvalue weighted by atomic mass is 32.2. The molecule has 0 unspecified atom stereocenters. The zero-order valence-corrected chi connectivity index (χ0v) is 15.3. The van der Waals surface area contributed by atoms with E-state index in [4.69, 9.17) is 4.98 Å². The number of nitrogens with zero attached hydrogens (tertiary/aromatic N) is 2. The summed E-state index contributed by atoms with van der Waals surface area (Å²) in [4.78, 5) is 20.4. The van der Waals surface area contributed by atoms with Gasteiger partial charge in [0.15, 0.2) is 5.16 Å². The van der Waals surface area contributed by atoms with Crippen LogP contribution in [0.1, 0.15) is 62.9 Å². The predicted octanol–water partition coefficient (Wildman–Crippen LogP) is 4.81. The van der Waals surface area contributed by atoms with Crippen molar-refractivity contribution < 1.29 is 0 Å². The highest BCUT2D eigenvalue weighted by Gasteiger charge is 2.23. The second-order valence-electron chi connectivity index (χ2n) is 6.07. The number of thiophene rings is 1. The Balaban J connectivity index is 2.23. The van der Waals surface area contributed by atoms with E-state index in [1.807, 2.05) is 4.57 Å². The highest BCUT2D eigenvalue weighted by molar-refractivity contribution is 7.99. The molecule has 0 fully saturated rings. The van der Waals surface area contributed by atoms with Crippen LogP contribution in [0, 0.1) is 0 Å². The van der Waals surface area contributed by atoms with Gasteiger partial charge in [-0.1, -0.05) is 25.6 Å². The van der Waals surface area contributed by atoms with Crippen molar-refractivity contribution in [3.8, 4) is 0 Å². The molecule has 1 aliphatic carbocycles. The van der Waals surface area contributed by atoms with E-state index in [-0.39, 0.29) is 11.6 Å². The van der Waals surface area contributed by atoms with Gasteiger partial charge in [0.2, 0.25) is 0 Å². The van der Waals surface area contributed by atoms with Gasteiger partial charge in [-0.15, -0.1) is 11.3 Å². The normalized spacial score (nSPS) is 16.0. The molecule has 2 aromatic heterocycles. The van der Waals surface area contributed by atoms with Crippen LogP contribution in [0.2, 0.25) is 0 Å². The third-order valence-electron chi connectivity index (χ3n) is 4.46. The summed E-state index contributed by atoms with van der Waals surface area (Å²) in [6.45, 7) is 6.43. The number of aromatic nitrogens is 2. The maximum atomic E-state index is 13.2. The summed E-state index contributed by atoms with van der Waals surface area (Å²) in [5, 5.41) is 1.83. The van der Waals surface area contributed by atoms with E-state index in [0.717, 1.165) is 46.8 Å². The van der Waals surface area contributed by atoms with Gasteiger partial charge in [-0.05, 0) is 51.0 Å². The van der Waals surface area contributed by atoms with E-state index in [1.54, 1.807) is 23.1 Å². The molecule has 0 aliphatic heterocycles. The van der Waals surface area contributed by atoms with E-state index in [9.17, 15) is 4.79 Å². The number of rotatable bonds is 5. The molecule has 1 atom stereocenters. The van der Waals surface area contributed by atoms with Crippen molar-refractivity contribution in [2.24, 2.45) is 0 Å². The number of aryl methyl sites for hydroxylation is 2. The zero-order chi connectivity index (χ0) is 15.7. The summed E-state index contributed by atoms with van der Waals surface area (Å²) >= 11 is 3.48. The molecule has 1 aliphatic rings. The lowest BCUT2D eigenvalue weighted by Crippen LogP contribution is -2.26. The lowest BCUT2D eigenvalue weighted by Gasteiger charge is -2.18. The lowest BCUT2D eigenvalue weighted by molar-refractivity contribution is 0.468. The van der Waals surface area contributed by atoms with Crippen LogP contribution in [0.15, 0.2) is 9.95 Å². The van der Waals surface area contributed by atoms with Gasteiger partial charge >= 0.3 is 0 Å². The van der Waals surface area contributed by atoms with E-state index < -0.39 is 0 Å². The smallest absolute Gasteiger partial charge is 0.263 e. The molecule has 0 spiro atoms. The van der Waals surface area contributed by atoms with Crippen LogP contribution in [0.25, 0.3) is 10.2 Å². The van der Waals surface area contributed by atoms with Gasteiger partial charge < -0.3 is 0 Å². The third-order valence-corrected chi connectivity index (χ3v) is 6.80. The molecule has 0 radical (unpaired) electrons. The van der Waals surface area contributed by atoms with Crippen molar-refractivity contribution in [2.75, 3.05) is 5.75 Å². The molecule has 2 heterocycles. The molecule has 0 aromatic carbocycles. The number of hydrogen-bond acceptors (Lipinski definition) is 4.